The van der Waals surface area contributed by atoms with Crippen molar-refractivity contribution in [1.82, 2.24) is 15.1 Å². The van der Waals surface area contributed by atoms with Crippen molar-refractivity contribution in [3.8, 4) is 0 Å². The number of carbonyl (C=O) groups excluding carboxylic acids is 1. The summed E-state index contributed by atoms with van der Waals surface area (Å²) < 4.78 is 12.8. The fraction of sp³-hybridized carbons (Fsp3) is 0.588. The Balaban J connectivity index is 1.53. The van der Waals surface area contributed by atoms with E-state index in [4.69, 9.17) is 0 Å². The molecule has 0 aromatic heterocycles. The molecule has 1 aromatic rings. The maximum Gasteiger partial charge on any atom is 0.220 e. The van der Waals surface area contributed by atoms with E-state index < -0.39 is 0 Å². The molecule has 1 aliphatic rings. The van der Waals surface area contributed by atoms with E-state index in [1.165, 1.54) is 12.1 Å². The van der Waals surface area contributed by atoms with Crippen molar-refractivity contribution in [2.75, 3.05) is 46.3 Å². The quantitative estimate of drug-likeness (QED) is 0.776. The Kier molecular flexibility index (Phi) is 6.80. The largest absolute Gasteiger partial charge is 0.356 e. The van der Waals surface area contributed by atoms with Crippen LogP contribution < -0.4 is 5.32 Å². The van der Waals surface area contributed by atoms with Gasteiger partial charge in [-0.1, -0.05) is 12.1 Å². The lowest BCUT2D eigenvalue weighted by molar-refractivity contribution is -0.121. The summed E-state index contributed by atoms with van der Waals surface area (Å²) in [5, 5.41) is 2.96. The van der Waals surface area contributed by atoms with Crippen molar-refractivity contribution < 1.29 is 9.18 Å². The topological polar surface area (TPSA) is 35.6 Å². The van der Waals surface area contributed by atoms with Crippen LogP contribution in [0.4, 0.5) is 4.39 Å². The number of rotatable bonds is 7. The first kappa shape index (κ1) is 16.9. The lowest BCUT2D eigenvalue weighted by Crippen LogP contribution is -2.45. The van der Waals surface area contributed by atoms with Gasteiger partial charge in [0.25, 0.3) is 0 Å². The summed E-state index contributed by atoms with van der Waals surface area (Å²) in [7, 11) is 2.15. The van der Waals surface area contributed by atoms with Crippen molar-refractivity contribution in [2.45, 2.75) is 19.3 Å². The van der Waals surface area contributed by atoms with Crippen LogP contribution in [0.2, 0.25) is 0 Å². The number of nitrogens with one attached hydrogen (secondary N) is 1. The van der Waals surface area contributed by atoms with Crippen LogP contribution in [0.25, 0.3) is 0 Å². The van der Waals surface area contributed by atoms with Gasteiger partial charge in [-0.15, -0.1) is 0 Å². The highest BCUT2D eigenvalue weighted by molar-refractivity contribution is 5.76. The van der Waals surface area contributed by atoms with Gasteiger partial charge in [-0.25, -0.2) is 4.39 Å². The van der Waals surface area contributed by atoms with Crippen LogP contribution in [0.3, 0.4) is 0 Å². The van der Waals surface area contributed by atoms with E-state index in [1.807, 2.05) is 0 Å². The van der Waals surface area contributed by atoms with E-state index in [1.54, 1.807) is 12.1 Å². The number of amides is 1. The van der Waals surface area contributed by atoms with Crippen LogP contribution in [0, 0.1) is 5.82 Å². The summed E-state index contributed by atoms with van der Waals surface area (Å²) in [6.45, 7) is 6.28. The summed E-state index contributed by atoms with van der Waals surface area (Å²) in [5.41, 5.74) is 0.994. The van der Waals surface area contributed by atoms with Gasteiger partial charge in [0.05, 0.1) is 0 Å². The molecular weight excluding hydrogens is 281 g/mol. The SMILES string of the molecule is CN1CCN(CCCNC(=O)CCc2ccc(F)cc2)CC1. The summed E-state index contributed by atoms with van der Waals surface area (Å²) in [5.74, 6) is -0.167. The summed E-state index contributed by atoms with van der Waals surface area (Å²) in [6, 6.07) is 6.33. The zero-order valence-electron chi connectivity index (χ0n) is 13.4. The Morgan fingerprint density at radius 2 is 1.86 bits per heavy atom. The van der Waals surface area contributed by atoms with Gasteiger partial charge in [-0.05, 0) is 44.1 Å². The predicted molar refractivity (Wildman–Crippen MR) is 86.3 cm³/mol. The molecule has 1 fully saturated rings. The molecule has 122 valence electrons. The Labute approximate surface area is 132 Å². The Morgan fingerprint density at radius 1 is 1.18 bits per heavy atom. The van der Waals surface area contributed by atoms with Crippen molar-refractivity contribution in [3.63, 3.8) is 0 Å². The third-order valence-corrected chi connectivity index (χ3v) is 4.12. The molecule has 1 saturated heterocycles. The van der Waals surface area contributed by atoms with Gasteiger partial charge in [0.15, 0.2) is 0 Å². The number of hydrogen-bond donors (Lipinski definition) is 1. The van der Waals surface area contributed by atoms with Crippen molar-refractivity contribution in [2.24, 2.45) is 0 Å². The Morgan fingerprint density at radius 3 is 2.55 bits per heavy atom. The van der Waals surface area contributed by atoms with Gasteiger partial charge in [0.1, 0.15) is 5.82 Å². The molecule has 0 aliphatic carbocycles. The predicted octanol–water partition coefficient (Wildman–Crippen LogP) is 1.51. The average Bonchev–Trinajstić information content (AvgIpc) is 2.53. The molecule has 0 atom stereocenters. The molecule has 0 spiro atoms. The lowest BCUT2D eigenvalue weighted by atomic mass is 10.1. The number of nitrogens with zero attached hydrogens (tertiary/aromatic N) is 2. The summed E-state index contributed by atoms with van der Waals surface area (Å²) in [6.07, 6.45) is 2.11. The fourth-order valence-electron chi connectivity index (χ4n) is 2.60. The van der Waals surface area contributed by atoms with E-state index in [0.29, 0.717) is 12.8 Å². The zero-order valence-corrected chi connectivity index (χ0v) is 13.4. The molecule has 1 heterocycles. The second-order valence-corrected chi connectivity index (χ2v) is 5.97. The number of piperazine rings is 1. The van der Waals surface area contributed by atoms with Crippen LogP contribution in [0.5, 0.6) is 0 Å². The third kappa shape index (κ3) is 6.12. The molecule has 1 aromatic carbocycles. The molecule has 0 unspecified atom stereocenters. The van der Waals surface area contributed by atoms with Crippen LogP contribution in [-0.2, 0) is 11.2 Å². The molecule has 2 rings (SSSR count). The molecule has 0 saturated carbocycles. The van der Waals surface area contributed by atoms with Crippen molar-refractivity contribution >= 4 is 5.91 Å². The zero-order chi connectivity index (χ0) is 15.8. The smallest absolute Gasteiger partial charge is 0.220 e. The molecule has 0 radical (unpaired) electrons. The second-order valence-electron chi connectivity index (χ2n) is 5.97. The molecule has 22 heavy (non-hydrogen) atoms. The van der Waals surface area contributed by atoms with E-state index in [9.17, 15) is 9.18 Å². The van der Waals surface area contributed by atoms with Crippen LogP contribution in [0.15, 0.2) is 24.3 Å². The highest BCUT2D eigenvalue weighted by Gasteiger charge is 2.12. The number of carbonyl (C=O) groups is 1. The summed E-state index contributed by atoms with van der Waals surface area (Å²) >= 11 is 0. The average molecular weight is 307 g/mol. The number of benzene rings is 1. The molecule has 5 heteroatoms. The Bertz CT molecular complexity index is 455. The molecule has 0 bridgehead atoms. The van der Waals surface area contributed by atoms with Gasteiger partial charge >= 0.3 is 0 Å². The van der Waals surface area contributed by atoms with E-state index >= 15 is 0 Å². The first-order valence-electron chi connectivity index (χ1n) is 8.05. The first-order chi connectivity index (χ1) is 10.6. The Hall–Kier alpha value is -1.46. The number of likely N-dealkylation sites (N-methyl/N-ethyl adjacent to an activating group) is 1. The molecule has 1 aliphatic heterocycles. The molecule has 4 nitrogen and oxygen atoms in total. The number of aryl methyl sites for hydroxylation is 1. The standard InChI is InChI=1S/C17H26FN3O/c1-20-11-13-21(14-12-20)10-2-9-19-17(22)8-5-15-3-6-16(18)7-4-15/h3-4,6-7H,2,5,8-14H2,1H3,(H,19,22). The minimum atomic E-state index is -0.239. The van der Waals surface area contributed by atoms with Crippen molar-refractivity contribution in [3.05, 3.63) is 35.6 Å². The van der Waals surface area contributed by atoms with Gasteiger partial charge in [0, 0.05) is 39.1 Å². The van der Waals surface area contributed by atoms with Gasteiger partial charge in [-0.2, -0.15) is 0 Å². The molecular formula is C17H26FN3O. The maximum atomic E-state index is 12.8. The van der Waals surface area contributed by atoms with E-state index in [2.05, 4.69) is 22.2 Å². The fourth-order valence-corrected chi connectivity index (χ4v) is 2.60. The number of hydrogen-bond acceptors (Lipinski definition) is 3. The van der Waals surface area contributed by atoms with Crippen molar-refractivity contribution in [1.29, 1.82) is 0 Å². The maximum absolute atomic E-state index is 12.8. The lowest BCUT2D eigenvalue weighted by Gasteiger charge is -2.32. The van der Waals surface area contributed by atoms with E-state index in [0.717, 1.165) is 51.3 Å². The minimum absolute atomic E-state index is 0.0719. The van der Waals surface area contributed by atoms with Gasteiger partial charge in [0.2, 0.25) is 5.91 Å². The molecule has 1 N–H and O–H groups in total. The molecule has 1 amide bonds. The van der Waals surface area contributed by atoms with Gasteiger partial charge in [-0.3, -0.25) is 4.79 Å². The minimum Gasteiger partial charge on any atom is -0.356 e. The third-order valence-electron chi connectivity index (χ3n) is 4.12. The van der Waals surface area contributed by atoms with Crippen LogP contribution >= 0.6 is 0 Å². The second kappa shape index (κ2) is 8.86. The van der Waals surface area contributed by atoms with Gasteiger partial charge < -0.3 is 15.1 Å². The highest BCUT2D eigenvalue weighted by atomic mass is 19.1. The summed E-state index contributed by atoms with van der Waals surface area (Å²) in [4.78, 5) is 16.6. The van der Waals surface area contributed by atoms with Crippen LogP contribution in [0.1, 0.15) is 18.4 Å². The van der Waals surface area contributed by atoms with E-state index in [-0.39, 0.29) is 11.7 Å². The normalized spacial score (nSPS) is 16.6. The monoisotopic (exact) mass is 307 g/mol. The number of halogens is 1. The highest BCUT2D eigenvalue weighted by Crippen LogP contribution is 2.05. The van der Waals surface area contributed by atoms with Crippen LogP contribution in [-0.4, -0.2) is 62.0 Å². The first-order valence-corrected chi connectivity index (χ1v) is 8.05.